The molecule has 2 atom stereocenters. The number of isocyanates is 6. The first-order chi connectivity index (χ1) is 19.9. The Morgan fingerprint density at radius 2 is 1.26 bits per heavy atom. The van der Waals surface area contributed by atoms with E-state index in [0.29, 0.717) is 43.8 Å². The molecule has 0 spiro atoms. The van der Waals surface area contributed by atoms with E-state index in [2.05, 4.69) is 64.6 Å². The van der Waals surface area contributed by atoms with Gasteiger partial charge in [0.2, 0.25) is 42.6 Å². The Labute approximate surface area is 246 Å². The highest BCUT2D eigenvalue weighted by atomic mass is 16.3. The smallest absolute Gasteiger partial charge is 0.237 e. The second kappa shape index (κ2) is 24.4. The first-order valence-electron chi connectivity index (χ1n) is 13.2. The van der Waals surface area contributed by atoms with E-state index in [1.165, 1.54) is 30.6 Å². The first-order valence-corrected chi connectivity index (χ1v) is 13.2. The highest BCUT2D eigenvalue weighted by Crippen LogP contribution is 2.29. The van der Waals surface area contributed by atoms with E-state index in [1.807, 2.05) is 6.92 Å². The zero-order valence-corrected chi connectivity index (χ0v) is 25.2. The van der Waals surface area contributed by atoms with E-state index in [-0.39, 0.29) is 10.8 Å². The average Bonchev–Trinajstić information content (AvgIpc) is 3.46. The predicted octanol–water partition coefficient (Wildman–Crippen LogP) is 5.15. The number of hydrogen-bond acceptors (Lipinski definition) is 13. The van der Waals surface area contributed by atoms with Crippen LogP contribution in [0.15, 0.2) is 52.8 Å². The third-order valence-corrected chi connectivity index (χ3v) is 5.75. The fraction of sp³-hybridized carbons (Fsp3) is 0.655. The van der Waals surface area contributed by atoms with Gasteiger partial charge in [0.25, 0.3) is 0 Å². The summed E-state index contributed by atoms with van der Waals surface area (Å²) in [7, 11) is 0. The maximum absolute atomic E-state index is 10.00. The van der Waals surface area contributed by atoms with Gasteiger partial charge in [-0.05, 0) is 60.5 Å². The lowest BCUT2D eigenvalue weighted by Gasteiger charge is -2.26. The van der Waals surface area contributed by atoms with E-state index >= 15 is 0 Å². The first kappa shape index (κ1) is 39.7. The monoisotopic (exact) mass is 584 g/mol. The molecule has 13 nitrogen and oxygen atoms in total. The topological polar surface area (TPSA) is 190 Å². The molecule has 2 unspecified atom stereocenters. The third-order valence-electron chi connectivity index (χ3n) is 5.75. The number of carbonyl (C=O) groups excluding carboxylic acids is 6. The summed E-state index contributed by atoms with van der Waals surface area (Å²) >= 11 is 0. The van der Waals surface area contributed by atoms with Crippen molar-refractivity contribution in [3.05, 3.63) is 24.2 Å². The normalized spacial score (nSPS) is 12.0. The lowest BCUT2D eigenvalue weighted by atomic mass is 9.80. The fourth-order valence-corrected chi connectivity index (χ4v) is 4.09. The Kier molecular flexibility index (Phi) is 23.0. The maximum atomic E-state index is 10.00. The zero-order valence-electron chi connectivity index (χ0n) is 25.2. The van der Waals surface area contributed by atoms with Crippen molar-refractivity contribution in [3.63, 3.8) is 0 Å². The Hall–Kier alpha value is -4.44. The molecule has 0 aliphatic rings. The molecule has 1 aromatic rings. The van der Waals surface area contributed by atoms with Crippen LogP contribution < -0.4 is 0 Å². The van der Waals surface area contributed by atoms with Gasteiger partial charge < -0.3 is 4.42 Å². The molecule has 0 saturated heterocycles. The molecule has 0 amide bonds. The number of rotatable bonds is 17. The van der Waals surface area contributed by atoms with Gasteiger partial charge in [0, 0.05) is 0 Å². The molecule has 0 saturated carbocycles. The second-order valence-corrected chi connectivity index (χ2v) is 11.1. The molecule has 1 rings (SSSR count). The van der Waals surface area contributed by atoms with Gasteiger partial charge in [-0.3, -0.25) is 0 Å². The van der Waals surface area contributed by atoms with Crippen molar-refractivity contribution in [2.45, 2.75) is 73.4 Å². The van der Waals surface area contributed by atoms with E-state index < -0.39 is 6.17 Å². The van der Waals surface area contributed by atoms with Crippen molar-refractivity contribution in [1.29, 1.82) is 0 Å². The van der Waals surface area contributed by atoms with Crippen LogP contribution in [0.1, 0.15) is 79.2 Å². The molecule has 0 N–H and O–H groups in total. The summed E-state index contributed by atoms with van der Waals surface area (Å²) in [6, 6.07) is 3.15. The summed E-state index contributed by atoms with van der Waals surface area (Å²) in [6.45, 7) is 14.6. The molecular formula is C29H40N6O7. The van der Waals surface area contributed by atoms with Crippen LogP contribution in [0, 0.1) is 22.7 Å². The van der Waals surface area contributed by atoms with E-state index in [1.54, 1.807) is 24.3 Å². The largest absolute Gasteiger partial charge is 0.465 e. The van der Waals surface area contributed by atoms with Crippen LogP contribution in [0.5, 0.6) is 0 Å². The second-order valence-electron chi connectivity index (χ2n) is 11.1. The van der Waals surface area contributed by atoms with Gasteiger partial charge in [0.1, 0.15) is 0 Å². The SMILES string of the molecule is CC(CCN=C=O)CC(C)(C)CN=C=O.CC(CN=C=O)CC(C)(C)CCN=C=O.O=C=NC(N=C=O)c1ccco1. The highest BCUT2D eigenvalue weighted by molar-refractivity contribution is 5.38. The summed E-state index contributed by atoms with van der Waals surface area (Å²) in [6.07, 6.45) is 12.8. The number of hydrogen-bond donors (Lipinski definition) is 0. The molecule has 1 aromatic heterocycles. The molecule has 13 heteroatoms. The lowest BCUT2D eigenvalue weighted by Crippen LogP contribution is -2.19. The number of aliphatic imine (C=N–C) groups is 6. The molecule has 0 fully saturated rings. The summed E-state index contributed by atoms with van der Waals surface area (Å²) in [5.74, 6) is 1.11. The predicted molar refractivity (Wildman–Crippen MR) is 154 cm³/mol. The number of furan rings is 1. The van der Waals surface area contributed by atoms with Crippen LogP contribution >= 0.6 is 0 Å². The Bertz CT molecular complexity index is 1160. The van der Waals surface area contributed by atoms with Gasteiger partial charge in [0.05, 0.1) is 32.4 Å². The summed E-state index contributed by atoms with van der Waals surface area (Å²) in [5.41, 5.74) is 0.111. The lowest BCUT2D eigenvalue weighted by molar-refractivity contribution is 0.264. The third kappa shape index (κ3) is 23.4. The molecule has 42 heavy (non-hydrogen) atoms. The van der Waals surface area contributed by atoms with Crippen molar-refractivity contribution in [1.82, 2.24) is 0 Å². The van der Waals surface area contributed by atoms with Crippen LogP contribution in [0.3, 0.4) is 0 Å². The van der Waals surface area contributed by atoms with Crippen molar-refractivity contribution in [2.24, 2.45) is 52.6 Å². The molecule has 228 valence electrons. The van der Waals surface area contributed by atoms with Crippen molar-refractivity contribution in [2.75, 3.05) is 26.2 Å². The van der Waals surface area contributed by atoms with Crippen LogP contribution in [-0.2, 0) is 28.8 Å². The van der Waals surface area contributed by atoms with Gasteiger partial charge in [0.15, 0.2) is 5.76 Å². The van der Waals surface area contributed by atoms with Crippen LogP contribution in [0.25, 0.3) is 0 Å². The van der Waals surface area contributed by atoms with Crippen molar-refractivity contribution >= 4 is 36.5 Å². The average molecular weight is 585 g/mol. The maximum Gasteiger partial charge on any atom is 0.237 e. The molecule has 0 aliphatic heterocycles. The minimum Gasteiger partial charge on any atom is -0.465 e. The van der Waals surface area contributed by atoms with Gasteiger partial charge in [-0.15, -0.1) is 0 Å². The zero-order chi connectivity index (χ0) is 32.3. The van der Waals surface area contributed by atoms with E-state index in [9.17, 15) is 28.8 Å². The molecule has 1 heterocycles. The van der Waals surface area contributed by atoms with Crippen LogP contribution in [0.4, 0.5) is 0 Å². The molecule has 0 aliphatic carbocycles. The van der Waals surface area contributed by atoms with E-state index in [0.717, 1.165) is 25.7 Å². The van der Waals surface area contributed by atoms with Gasteiger partial charge in [-0.1, -0.05) is 41.5 Å². The van der Waals surface area contributed by atoms with Gasteiger partial charge in [-0.2, -0.15) is 9.98 Å². The summed E-state index contributed by atoms with van der Waals surface area (Å²) < 4.78 is 4.86. The molecule has 0 aromatic carbocycles. The minimum absolute atomic E-state index is 0.00171. The fourth-order valence-electron chi connectivity index (χ4n) is 4.09. The van der Waals surface area contributed by atoms with Crippen molar-refractivity contribution in [3.8, 4) is 0 Å². The van der Waals surface area contributed by atoms with Crippen molar-refractivity contribution < 1.29 is 33.2 Å². The van der Waals surface area contributed by atoms with Gasteiger partial charge in [-0.25, -0.2) is 48.7 Å². The highest BCUT2D eigenvalue weighted by Gasteiger charge is 2.21. The molecular weight excluding hydrogens is 544 g/mol. The number of nitrogens with zero attached hydrogens (tertiary/aromatic N) is 6. The Morgan fingerprint density at radius 1 is 0.714 bits per heavy atom. The molecule has 0 bridgehead atoms. The van der Waals surface area contributed by atoms with Crippen LogP contribution in [0.2, 0.25) is 0 Å². The summed E-state index contributed by atoms with van der Waals surface area (Å²) in [4.78, 5) is 80.1. The standard InChI is InChI=1S/2C11H18N2O2.C7H4N2O3/c1-10(7-13-9-15)6-11(2,3)4-5-12-8-14;1-10(4-5-12-8-14)6-11(2,3)7-13-9-15;10-4-8-7(9-5-11)6-2-1-3-12-6/h2*10H,4-7H2,1-3H3;1-3,7H. The summed E-state index contributed by atoms with van der Waals surface area (Å²) in [5, 5.41) is 0. The Balaban J connectivity index is 0. The minimum atomic E-state index is -0.949. The van der Waals surface area contributed by atoms with Gasteiger partial charge >= 0.3 is 0 Å². The Morgan fingerprint density at radius 3 is 1.76 bits per heavy atom. The van der Waals surface area contributed by atoms with E-state index in [4.69, 9.17) is 4.42 Å². The molecule has 0 radical (unpaired) electrons. The van der Waals surface area contributed by atoms with Crippen LogP contribution in [-0.4, -0.2) is 62.7 Å². The quantitative estimate of drug-likeness (QED) is 0.178.